The molecule has 0 fully saturated rings. The van der Waals surface area contributed by atoms with Crippen molar-refractivity contribution in [2.45, 2.75) is 13.5 Å². The van der Waals surface area contributed by atoms with E-state index in [2.05, 4.69) is 4.98 Å². The van der Waals surface area contributed by atoms with Crippen molar-refractivity contribution in [2.75, 3.05) is 13.7 Å². The Morgan fingerprint density at radius 2 is 2.05 bits per heavy atom. The maximum Gasteiger partial charge on any atom is 0.255 e. The number of hydrogen-bond donors (Lipinski definition) is 0. The number of carbonyl (C=O) groups is 1. The van der Waals surface area contributed by atoms with Gasteiger partial charge in [-0.2, -0.15) is 0 Å². The maximum atomic E-state index is 12.5. The highest BCUT2D eigenvalue weighted by molar-refractivity contribution is 6.31. The summed E-state index contributed by atoms with van der Waals surface area (Å²) in [5, 5.41) is 0.664. The third-order valence-electron chi connectivity index (χ3n) is 3.18. The Morgan fingerprint density at radius 1 is 1.29 bits per heavy atom. The summed E-state index contributed by atoms with van der Waals surface area (Å²) in [5.74, 6) is 0.410. The highest BCUT2D eigenvalue weighted by atomic mass is 35.5. The summed E-state index contributed by atoms with van der Waals surface area (Å²) in [6.07, 6.45) is 1.52. The van der Waals surface area contributed by atoms with Gasteiger partial charge in [0, 0.05) is 30.4 Å². The van der Waals surface area contributed by atoms with Crippen molar-refractivity contribution < 1.29 is 9.53 Å². The standard InChI is InChI=1S/C16H17ClN2O2/c1-3-19(11-13-6-4-5-7-14(13)17)16(20)12-8-9-15(21-2)18-10-12/h4-10H,3,11H2,1-2H3. The van der Waals surface area contributed by atoms with Gasteiger partial charge >= 0.3 is 0 Å². The molecule has 0 bridgehead atoms. The summed E-state index contributed by atoms with van der Waals surface area (Å²) >= 11 is 6.15. The summed E-state index contributed by atoms with van der Waals surface area (Å²) in [6, 6.07) is 10.9. The lowest BCUT2D eigenvalue weighted by Crippen LogP contribution is -2.30. The van der Waals surface area contributed by atoms with Crippen LogP contribution in [-0.4, -0.2) is 29.4 Å². The Morgan fingerprint density at radius 3 is 2.62 bits per heavy atom. The molecule has 0 atom stereocenters. The van der Waals surface area contributed by atoms with Crippen molar-refractivity contribution in [1.82, 2.24) is 9.88 Å². The number of nitrogens with zero attached hydrogens (tertiary/aromatic N) is 2. The number of halogens is 1. The number of ether oxygens (including phenoxy) is 1. The van der Waals surface area contributed by atoms with Crippen LogP contribution in [0.3, 0.4) is 0 Å². The van der Waals surface area contributed by atoms with E-state index in [1.807, 2.05) is 31.2 Å². The van der Waals surface area contributed by atoms with Crippen LogP contribution in [0.4, 0.5) is 0 Å². The second kappa shape index (κ2) is 7.09. The highest BCUT2D eigenvalue weighted by Crippen LogP contribution is 2.18. The molecule has 21 heavy (non-hydrogen) atoms. The Balaban J connectivity index is 2.16. The summed E-state index contributed by atoms with van der Waals surface area (Å²) in [7, 11) is 1.54. The zero-order valence-electron chi connectivity index (χ0n) is 12.0. The first kappa shape index (κ1) is 15.3. The van der Waals surface area contributed by atoms with Crippen molar-refractivity contribution >= 4 is 17.5 Å². The number of carbonyl (C=O) groups excluding carboxylic acids is 1. The summed E-state index contributed by atoms with van der Waals surface area (Å²) in [5.41, 5.74) is 1.46. The first-order valence-electron chi connectivity index (χ1n) is 6.68. The second-order valence-electron chi connectivity index (χ2n) is 4.50. The Labute approximate surface area is 129 Å². The molecule has 0 radical (unpaired) electrons. The van der Waals surface area contributed by atoms with Gasteiger partial charge in [-0.3, -0.25) is 4.79 Å². The Bertz CT molecular complexity index is 614. The normalized spacial score (nSPS) is 10.2. The summed E-state index contributed by atoms with van der Waals surface area (Å²) in [6.45, 7) is 3.00. The predicted octanol–water partition coefficient (Wildman–Crippen LogP) is 3.41. The SMILES string of the molecule is CCN(Cc1ccccc1Cl)C(=O)c1ccc(OC)nc1. The average molecular weight is 305 g/mol. The number of pyridine rings is 1. The lowest BCUT2D eigenvalue weighted by molar-refractivity contribution is 0.0752. The van der Waals surface area contributed by atoms with Crippen molar-refractivity contribution in [2.24, 2.45) is 0 Å². The van der Waals surface area contributed by atoms with Gasteiger partial charge in [0.25, 0.3) is 5.91 Å². The fraction of sp³-hybridized carbons (Fsp3) is 0.250. The monoisotopic (exact) mass is 304 g/mol. The van der Waals surface area contributed by atoms with Gasteiger partial charge in [-0.1, -0.05) is 29.8 Å². The van der Waals surface area contributed by atoms with Gasteiger partial charge in [0.05, 0.1) is 12.7 Å². The maximum absolute atomic E-state index is 12.5. The van der Waals surface area contributed by atoms with E-state index < -0.39 is 0 Å². The van der Waals surface area contributed by atoms with E-state index in [4.69, 9.17) is 16.3 Å². The molecule has 1 aromatic carbocycles. The molecule has 0 aliphatic rings. The molecule has 0 saturated carbocycles. The minimum absolute atomic E-state index is 0.0763. The molecule has 0 N–H and O–H groups in total. The smallest absolute Gasteiger partial charge is 0.255 e. The van der Waals surface area contributed by atoms with Crippen LogP contribution >= 0.6 is 11.6 Å². The highest BCUT2D eigenvalue weighted by Gasteiger charge is 2.16. The van der Waals surface area contributed by atoms with E-state index in [1.54, 1.807) is 24.1 Å². The van der Waals surface area contributed by atoms with Crippen LogP contribution in [0, 0.1) is 0 Å². The molecule has 4 nitrogen and oxygen atoms in total. The predicted molar refractivity (Wildman–Crippen MR) is 82.7 cm³/mol. The number of hydrogen-bond acceptors (Lipinski definition) is 3. The van der Waals surface area contributed by atoms with Gasteiger partial charge in [0.1, 0.15) is 0 Å². The number of aromatic nitrogens is 1. The van der Waals surface area contributed by atoms with Gasteiger partial charge in [0.2, 0.25) is 5.88 Å². The fourth-order valence-electron chi connectivity index (χ4n) is 1.97. The lowest BCUT2D eigenvalue weighted by atomic mass is 10.2. The molecule has 1 amide bonds. The molecule has 0 aliphatic heterocycles. The van der Waals surface area contributed by atoms with Gasteiger partial charge in [-0.15, -0.1) is 0 Å². The molecule has 110 valence electrons. The Kier molecular flexibility index (Phi) is 5.17. The molecule has 0 unspecified atom stereocenters. The quantitative estimate of drug-likeness (QED) is 0.850. The van der Waals surface area contributed by atoms with Crippen molar-refractivity contribution in [3.05, 3.63) is 58.7 Å². The van der Waals surface area contributed by atoms with Crippen LogP contribution in [0.2, 0.25) is 5.02 Å². The fourth-order valence-corrected chi connectivity index (χ4v) is 2.17. The molecule has 1 heterocycles. The molecular weight excluding hydrogens is 288 g/mol. The first-order chi connectivity index (χ1) is 10.2. The molecule has 1 aromatic heterocycles. The van der Waals surface area contributed by atoms with Gasteiger partial charge in [0.15, 0.2) is 0 Å². The number of amides is 1. The minimum atomic E-state index is -0.0763. The van der Waals surface area contributed by atoms with Crippen LogP contribution in [0.5, 0.6) is 5.88 Å². The lowest BCUT2D eigenvalue weighted by Gasteiger charge is -2.21. The molecule has 2 rings (SSSR count). The van der Waals surface area contributed by atoms with Crippen molar-refractivity contribution in [1.29, 1.82) is 0 Å². The number of benzene rings is 1. The van der Waals surface area contributed by atoms with E-state index in [0.717, 1.165) is 5.56 Å². The average Bonchev–Trinajstić information content (AvgIpc) is 2.53. The number of rotatable bonds is 5. The second-order valence-corrected chi connectivity index (χ2v) is 4.91. The van der Waals surface area contributed by atoms with E-state index in [9.17, 15) is 4.79 Å². The summed E-state index contributed by atoms with van der Waals surface area (Å²) in [4.78, 5) is 18.3. The minimum Gasteiger partial charge on any atom is -0.481 e. The third-order valence-corrected chi connectivity index (χ3v) is 3.55. The van der Waals surface area contributed by atoms with Crippen LogP contribution in [0.15, 0.2) is 42.6 Å². The van der Waals surface area contributed by atoms with Crippen LogP contribution in [-0.2, 0) is 6.54 Å². The van der Waals surface area contributed by atoms with E-state index in [1.165, 1.54) is 6.20 Å². The Hall–Kier alpha value is -2.07. The molecule has 0 saturated heterocycles. The summed E-state index contributed by atoms with van der Waals surface area (Å²) < 4.78 is 4.99. The zero-order valence-corrected chi connectivity index (χ0v) is 12.8. The van der Waals surface area contributed by atoms with Crippen molar-refractivity contribution in [3.8, 4) is 5.88 Å². The topological polar surface area (TPSA) is 42.4 Å². The van der Waals surface area contributed by atoms with Crippen molar-refractivity contribution in [3.63, 3.8) is 0 Å². The van der Waals surface area contributed by atoms with Crippen LogP contribution in [0.1, 0.15) is 22.8 Å². The first-order valence-corrected chi connectivity index (χ1v) is 7.06. The zero-order chi connectivity index (χ0) is 15.2. The van der Waals surface area contributed by atoms with Gasteiger partial charge < -0.3 is 9.64 Å². The van der Waals surface area contributed by atoms with Gasteiger partial charge in [-0.05, 0) is 24.6 Å². The number of methoxy groups -OCH3 is 1. The molecule has 0 spiro atoms. The largest absolute Gasteiger partial charge is 0.481 e. The molecule has 5 heteroatoms. The van der Waals surface area contributed by atoms with E-state index >= 15 is 0 Å². The van der Waals surface area contributed by atoms with Crippen LogP contribution < -0.4 is 4.74 Å². The van der Waals surface area contributed by atoms with E-state index in [0.29, 0.717) is 29.6 Å². The van der Waals surface area contributed by atoms with E-state index in [-0.39, 0.29) is 5.91 Å². The van der Waals surface area contributed by atoms with Crippen LogP contribution in [0.25, 0.3) is 0 Å². The van der Waals surface area contributed by atoms with Gasteiger partial charge in [-0.25, -0.2) is 4.98 Å². The molecule has 0 aliphatic carbocycles. The third kappa shape index (κ3) is 3.73. The molecular formula is C16H17ClN2O2. The molecule has 2 aromatic rings.